The number of pyridine rings is 1. The predicted molar refractivity (Wildman–Crippen MR) is 133 cm³/mol. The number of aromatic nitrogens is 3. The highest BCUT2D eigenvalue weighted by molar-refractivity contribution is 6.10. The minimum atomic E-state index is 0.126. The predicted octanol–water partition coefficient (Wildman–Crippen LogP) is 4.75. The van der Waals surface area contributed by atoms with Crippen molar-refractivity contribution < 1.29 is 4.79 Å². The Kier molecular flexibility index (Phi) is 6.01. The van der Waals surface area contributed by atoms with Gasteiger partial charge in [-0.05, 0) is 82.8 Å². The van der Waals surface area contributed by atoms with Crippen LogP contribution in [0.1, 0.15) is 60.3 Å². The number of fused-ring (bicyclic) bond motifs is 1. The number of ketones is 1. The zero-order valence-electron chi connectivity index (χ0n) is 20.0. The van der Waals surface area contributed by atoms with Gasteiger partial charge in [0, 0.05) is 47.5 Å². The molecule has 0 unspecified atom stereocenters. The maximum absolute atomic E-state index is 13.2. The van der Waals surface area contributed by atoms with Crippen LogP contribution in [0.3, 0.4) is 0 Å². The molecule has 34 heavy (non-hydrogen) atoms. The van der Waals surface area contributed by atoms with Gasteiger partial charge in [-0.2, -0.15) is 5.26 Å². The number of anilines is 1. The van der Waals surface area contributed by atoms with E-state index in [0.717, 1.165) is 71.8 Å². The van der Waals surface area contributed by atoms with Crippen molar-refractivity contribution in [2.45, 2.75) is 57.5 Å². The van der Waals surface area contributed by atoms with Crippen molar-refractivity contribution in [2.24, 2.45) is 5.92 Å². The molecule has 2 aliphatic rings. The van der Waals surface area contributed by atoms with Crippen LogP contribution < -0.4 is 5.32 Å². The van der Waals surface area contributed by atoms with E-state index in [1.165, 1.54) is 0 Å². The lowest BCUT2D eigenvalue weighted by Gasteiger charge is -2.34. The van der Waals surface area contributed by atoms with Crippen LogP contribution in [0.4, 0.5) is 5.69 Å². The highest BCUT2D eigenvalue weighted by Crippen LogP contribution is 2.39. The molecule has 174 valence electrons. The van der Waals surface area contributed by atoms with E-state index in [2.05, 4.69) is 51.4 Å². The minimum Gasteiger partial charge on any atom is -0.381 e. The number of rotatable bonds is 6. The standard InChI is InChI=1S/C27H30N6O/c1-16-10-24-22(11-21(16)18-13-30-25(12-28)31-14-18)26(23(15-29-24)27(34)17-4-5-17)32-19-6-8-20(9-7-19)33(2)3/h10-11,13-15,17,19-20H,4-9H2,1-3H3,(H,29,32). The summed E-state index contributed by atoms with van der Waals surface area (Å²) in [4.78, 5) is 28.5. The fourth-order valence-electron chi connectivity index (χ4n) is 5.03. The minimum absolute atomic E-state index is 0.126. The van der Waals surface area contributed by atoms with Gasteiger partial charge in [0.15, 0.2) is 5.78 Å². The van der Waals surface area contributed by atoms with Gasteiger partial charge < -0.3 is 10.2 Å². The number of aryl methyl sites for hydroxylation is 1. The molecule has 2 heterocycles. The lowest BCUT2D eigenvalue weighted by atomic mass is 9.89. The number of carbonyl (C=O) groups excluding carboxylic acids is 1. The van der Waals surface area contributed by atoms with E-state index in [9.17, 15) is 4.79 Å². The first-order valence-corrected chi connectivity index (χ1v) is 12.1. The number of hydrogen-bond donors (Lipinski definition) is 1. The molecule has 2 saturated carbocycles. The third kappa shape index (κ3) is 4.38. The molecule has 0 atom stereocenters. The molecule has 5 rings (SSSR count). The summed E-state index contributed by atoms with van der Waals surface area (Å²) in [6.07, 6.45) is 11.5. The normalized spacial score (nSPS) is 20.3. The van der Waals surface area contributed by atoms with Crippen LogP contribution in [0, 0.1) is 24.2 Å². The van der Waals surface area contributed by atoms with Gasteiger partial charge in [-0.3, -0.25) is 9.78 Å². The zero-order chi connectivity index (χ0) is 23.8. The Labute approximate surface area is 200 Å². The average molecular weight is 455 g/mol. The average Bonchev–Trinajstić information content (AvgIpc) is 3.69. The molecule has 0 saturated heterocycles. The van der Waals surface area contributed by atoms with Crippen LogP contribution in [0.2, 0.25) is 0 Å². The SMILES string of the molecule is Cc1cc2ncc(C(=O)C3CC3)c(NC3CCC(N(C)C)CC3)c2cc1-c1cnc(C#N)nc1. The zero-order valence-corrected chi connectivity index (χ0v) is 20.0. The number of benzene rings is 1. The number of hydrogen-bond acceptors (Lipinski definition) is 7. The second kappa shape index (κ2) is 9.11. The van der Waals surface area contributed by atoms with E-state index in [1.807, 2.05) is 13.0 Å². The molecular formula is C27H30N6O. The number of Topliss-reactive ketones (excluding diaryl/α,β-unsaturated/α-hetero) is 1. The van der Waals surface area contributed by atoms with Crippen molar-refractivity contribution in [1.29, 1.82) is 5.26 Å². The van der Waals surface area contributed by atoms with Crippen LogP contribution >= 0.6 is 0 Å². The van der Waals surface area contributed by atoms with Gasteiger partial charge in [-0.15, -0.1) is 0 Å². The Bertz CT molecular complexity index is 1270. The van der Waals surface area contributed by atoms with Crippen LogP contribution in [-0.4, -0.2) is 51.8 Å². The number of nitrogens with zero attached hydrogens (tertiary/aromatic N) is 5. The molecule has 2 aliphatic carbocycles. The van der Waals surface area contributed by atoms with Gasteiger partial charge in [0.2, 0.25) is 5.82 Å². The monoisotopic (exact) mass is 454 g/mol. The van der Waals surface area contributed by atoms with Crippen LogP contribution in [0.15, 0.2) is 30.7 Å². The van der Waals surface area contributed by atoms with Crippen molar-refractivity contribution in [3.8, 4) is 17.2 Å². The first-order chi connectivity index (χ1) is 16.4. The summed E-state index contributed by atoms with van der Waals surface area (Å²) in [5.41, 5.74) is 5.35. The van der Waals surface area contributed by atoms with E-state index in [0.29, 0.717) is 17.6 Å². The first-order valence-electron chi connectivity index (χ1n) is 12.1. The van der Waals surface area contributed by atoms with Crippen LogP contribution in [0.25, 0.3) is 22.0 Å². The lowest BCUT2D eigenvalue weighted by Crippen LogP contribution is -2.36. The van der Waals surface area contributed by atoms with Gasteiger partial charge in [-0.1, -0.05) is 0 Å². The third-order valence-electron chi connectivity index (χ3n) is 7.27. The Balaban J connectivity index is 1.57. The van der Waals surface area contributed by atoms with Gasteiger partial charge in [0.1, 0.15) is 6.07 Å². The lowest BCUT2D eigenvalue weighted by molar-refractivity contribution is 0.0968. The van der Waals surface area contributed by atoms with Crippen molar-refractivity contribution in [2.75, 3.05) is 19.4 Å². The third-order valence-corrected chi connectivity index (χ3v) is 7.27. The highest BCUT2D eigenvalue weighted by Gasteiger charge is 2.33. The van der Waals surface area contributed by atoms with Gasteiger partial charge >= 0.3 is 0 Å². The Morgan fingerprint density at radius 1 is 1.03 bits per heavy atom. The maximum atomic E-state index is 13.2. The van der Waals surface area contributed by atoms with Crippen molar-refractivity contribution >= 4 is 22.4 Å². The summed E-state index contributed by atoms with van der Waals surface area (Å²) < 4.78 is 0. The van der Waals surface area contributed by atoms with E-state index < -0.39 is 0 Å². The second-order valence-electron chi connectivity index (χ2n) is 9.89. The molecule has 2 fully saturated rings. The summed E-state index contributed by atoms with van der Waals surface area (Å²) in [7, 11) is 4.30. The van der Waals surface area contributed by atoms with E-state index in [1.54, 1.807) is 18.6 Å². The van der Waals surface area contributed by atoms with Gasteiger partial charge in [-0.25, -0.2) is 9.97 Å². The summed E-state index contributed by atoms with van der Waals surface area (Å²) in [6, 6.07) is 7.07. The van der Waals surface area contributed by atoms with Crippen molar-refractivity contribution in [1.82, 2.24) is 19.9 Å². The molecule has 7 heteroatoms. The molecular weight excluding hydrogens is 424 g/mol. The van der Waals surface area contributed by atoms with E-state index in [-0.39, 0.29) is 17.5 Å². The van der Waals surface area contributed by atoms with Crippen molar-refractivity contribution in [3.63, 3.8) is 0 Å². The fourth-order valence-corrected chi connectivity index (χ4v) is 5.03. The number of nitrogens with one attached hydrogen (secondary N) is 1. The largest absolute Gasteiger partial charge is 0.381 e. The summed E-state index contributed by atoms with van der Waals surface area (Å²) in [5, 5.41) is 13.8. The fraction of sp³-hybridized carbons (Fsp3) is 0.444. The molecule has 7 nitrogen and oxygen atoms in total. The van der Waals surface area contributed by atoms with Crippen LogP contribution in [-0.2, 0) is 0 Å². The summed E-state index contributed by atoms with van der Waals surface area (Å²) >= 11 is 0. The summed E-state index contributed by atoms with van der Waals surface area (Å²) in [5.74, 6) is 0.473. The van der Waals surface area contributed by atoms with E-state index in [4.69, 9.17) is 5.26 Å². The Morgan fingerprint density at radius 3 is 2.35 bits per heavy atom. The molecule has 0 bridgehead atoms. The first kappa shape index (κ1) is 22.4. The molecule has 2 aromatic heterocycles. The summed E-state index contributed by atoms with van der Waals surface area (Å²) in [6.45, 7) is 2.04. The topological polar surface area (TPSA) is 94.8 Å². The molecule has 1 N–H and O–H groups in total. The number of carbonyl (C=O) groups is 1. The molecule has 0 aliphatic heterocycles. The molecule has 3 aromatic rings. The Morgan fingerprint density at radius 2 is 1.74 bits per heavy atom. The number of nitriles is 1. The molecule has 0 radical (unpaired) electrons. The Hall–Kier alpha value is -3.37. The molecule has 0 spiro atoms. The highest BCUT2D eigenvalue weighted by atomic mass is 16.1. The van der Waals surface area contributed by atoms with Gasteiger partial charge in [0.05, 0.1) is 16.8 Å². The second-order valence-corrected chi connectivity index (χ2v) is 9.89. The van der Waals surface area contributed by atoms with E-state index >= 15 is 0 Å². The molecule has 1 aromatic carbocycles. The van der Waals surface area contributed by atoms with Crippen LogP contribution in [0.5, 0.6) is 0 Å². The van der Waals surface area contributed by atoms with Crippen molar-refractivity contribution in [3.05, 3.63) is 47.7 Å². The maximum Gasteiger partial charge on any atom is 0.232 e. The smallest absolute Gasteiger partial charge is 0.232 e. The van der Waals surface area contributed by atoms with Gasteiger partial charge in [0.25, 0.3) is 0 Å². The molecule has 0 amide bonds. The quantitative estimate of drug-likeness (QED) is 0.537.